The van der Waals surface area contributed by atoms with Crippen LogP contribution < -0.4 is 15.6 Å². The maximum absolute atomic E-state index is 12.3. The van der Waals surface area contributed by atoms with Crippen molar-refractivity contribution in [3.63, 3.8) is 0 Å². The third-order valence-electron chi connectivity index (χ3n) is 3.48. The van der Waals surface area contributed by atoms with Gasteiger partial charge < -0.3 is 4.74 Å². The summed E-state index contributed by atoms with van der Waals surface area (Å²) in [6.45, 7) is 1.22. The molecule has 0 aliphatic heterocycles. The predicted molar refractivity (Wildman–Crippen MR) is 96.0 cm³/mol. The monoisotopic (exact) mass is 363 g/mol. The number of nitrogens with zero attached hydrogens (tertiary/aromatic N) is 2. The Bertz CT molecular complexity index is 912. The number of hydrogen-bond acceptors (Lipinski definition) is 4. The highest BCUT2D eigenvalue weighted by molar-refractivity contribution is 6.42. The molecule has 0 aliphatic rings. The number of hydrogen-bond donors (Lipinski definition) is 1. The van der Waals surface area contributed by atoms with Gasteiger partial charge in [-0.2, -0.15) is 5.10 Å². The van der Waals surface area contributed by atoms with E-state index in [-0.39, 0.29) is 5.56 Å². The SMILES string of the molecule is O=c1c2ccccc2cnn1CNCCOc1cccc(Cl)c1Cl. The van der Waals surface area contributed by atoms with Crippen molar-refractivity contribution in [3.8, 4) is 5.75 Å². The molecule has 1 heterocycles. The minimum atomic E-state index is -0.126. The molecule has 3 aromatic rings. The van der Waals surface area contributed by atoms with Crippen LogP contribution in [0.15, 0.2) is 53.5 Å². The van der Waals surface area contributed by atoms with Gasteiger partial charge in [-0.05, 0) is 18.2 Å². The zero-order valence-electron chi connectivity index (χ0n) is 12.7. The van der Waals surface area contributed by atoms with Crippen LogP contribution in [0.3, 0.4) is 0 Å². The molecule has 0 radical (unpaired) electrons. The van der Waals surface area contributed by atoms with E-state index in [1.807, 2.05) is 18.2 Å². The Morgan fingerprint density at radius 1 is 1.12 bits per heavy atom. The van der Waals surface area contributed by atoms with Crippen LogP contribution >= 0.6 is 23.2 Å². The lowest BCUT2D eigenvalue weighted by Crippen LogP contribution is -2.32. The largest absolute Gasteiger partial charge is 0.491 e. The molecule has 0 fully saturated rings. The second-order valence-corrected chi connectivity index (χ2v) is 5.88. The van der Waals surface area contributed by atoms with Gasteiger partial charge in [-0.3, -0.25) is 10.1 Å². The smallest absolute Gasteiger partial charge is 0.275 e. The van der Waals surface area contributed by atoms with Crippen LogP contribution in [0, 0.1) is 0 Å². The van der Waals surface area contributed by atoms with Crippen LogP contribution in [-0.4, -0.2) is 22.9 Å². The van der Waals surface area contributed by atoms with Crippen molar-refractivity contribution in [3.05, 3.63) is 69.1 Å². The van der Waals surface area contributed by atoms with Gasteiger partial charge in [-0.1, -0.05) is 47.5 Å². The summed E-state index contributed by atoms with van der Waals surface area (Å²) < 4.78 is 6.95. The molecule has 0 unspecified atom stereocenters. The van der Waals surface area contributed by atoms with Gasteiger partial charge in [-0.15, -0.1) is 0 Å². The molecule has 0 aliphatic carbocycles. The Kier molecular flexibility index (Phi) is 5.35. The first-order valence-electron chi connectivity index (χ1n) is 7.39. The van der Waals surface area contributed by atoms with Crippen molar-refractivity contribution in [1.82, 2.24) is 15.1 Å². The lowest BCUT2D eigenvalue weighted by Gasteiger charge is -2.10. The van der Waals surface area contributed by atoms with Crippen LogP contribution in [0.1, 0.15) is 0 Å². The van der Waals surface area contributed by atoms with E-state index in [9.17, 15) is 4.79 Å². The number of ether oxygens (including phenoxy) is 1. The predicted octanol–water partition coefficient (Wildman–Crippen LogP) is 3.33. The fourth-order valence-electron chi connectivity index (χ4n) is 2.25. The molecular weight excluding hydrogens is 349 g/mol. The molecule has 0 saturated heterocycles. The summed E-state index contributed by atoms with van der Waals surface area (Å²) in [6, 6.07) is 12.6. The maximum Gasteiger partial charge on any atom is 0.275 e. The molecule has 0 spiro atoms. The summed E-state index contributed by atoms with van der Waals surface area (Å²) in [6.07, 6.45) is 1.68. The highest BCUT2D eigenvalue weighted by atomic mass is 35.5. The summed E-state index contributed by atoms with van der Waals surface area (Å²) in [5, 5.41) is 9.59. The van der Waals surface area contributed by atoms with Crippen LogP contribution in [-0.2, 0) is 6.67 Å². The van der Waals surface area contributed by atoms with Gasteiger partial charge in [0, 0.05) is 11.9 Å². The van der Waals surface area contributed by atoms with Gasteiger partial charge in [0.15, 0.2) is 0 Å². The average molecular weight is 364 g/mol. The van der Waals surface area contributed by atoms with Gasteiger partial charge in [-0.25, -0.2) is 4.68 Å². The molecule has 5 nitrogen and oxygen atoms in total. The van der Waals surface area contributed by atoms with Crippen molar-refractivity contribution < 1.29 is 4.74 Å². The number of rotatable bonds is 6. The van der Waals surface area contributed by atoms with Gasteiger partial charge in [0.25, 0.3) is 5.56 Å². The molecule has 7 heteroatoms. The first-order chi connectivity index (χ1) is 11.7. The van der Waals surface area contributed by atoms with E-state index in [1.54, 1.807) is 30.5 Å². The fourth-order valence-corrected chi connectivity index (χ4v) is 2.60. The van der Waals surface area contributed by atoms with E-state index < -0.39 is 0 Å². The van der Waals surface area contributed by atoms with Crippen LogP contribution in [0.4, 0.5) is 0 Å². The molecular formula is C17H15Cl2N3O2. The summed E-state index contributed by atoms with van der Waals surface area (Å²) >= 11 is 12.0. The van der Waals surface area contributed by atoms with Gasteiger partial charge in [0.05, 0.1) is 23.3 Å². The number of nitrogens with one attached hydrogen (secondary N) is 1. The zero-order chi connectivity index (χ0) is 16.9. The first kappa shape index (κ1) is 16.8. The fraction of sp³-hybridized carbons (Fsp3) is 0.176. The van der Waals surface area contributed by atoms with Gasteiger partial charge in [0.1, 0.15) is 17.4 Å². The van der Waals surface area contributed by atoms with Crippen molar-refractivity contribution in [2.75, 3.05) is 13.2 Å². The molecule has 0 saturated carbocycles. The van der Waals surface area contributed by atoms with E-state index in [4.69, 9.17) is 27.9 Å². The molecule has 0 amide bonds. The topological polar surface area (TPSA) is 56.2 Å². The molecule has 24 heavy (non-hydrogen) atoms. The van der Waals surface area contributed by atoms with Crippen molar-refractivity contribution in [1.29, 1.82) is 0 Å². The average Bonchev–Trinajstić information content (AvgIpc) is 2.60. The number of benzene rings is 2. The van der Waals surface area contributed by atoms with Crippen molar-refractivity contribution >= 4 is 34.0 Å². The van der Waals surface area contributed by atoms with Crippen molar-refractivity contribution in [2.24, 2.45) is 0 Å². The summed E-state index contributed by atoms with van der Waals surface area (Å²) in [7, 11) is 0. The van der Waals surface area contributed by atoms with E-state index in [0.29, 0.717) is 41.0 Å². The van der Waals surface area contributed by atoms with E-state index >= 15 is 0 Å². The standard InChI is InChI=1S/C17H15Cl2N3O2/c18-14-6-3-7-15(16(14)19)24-9-8-20-11-22-17(23)13-5-2-1-4-12(13)10-21-22/h1-7,10,20H,8-9,11H2. The third kappa shape index (κ3) is 3.70. The van der Waals surface area contributed by atoms with E-state index in [0.717, 1.165) is 5.39 Å². The normalized spacial score (nSPS) is 10.9. The molecule has 0 atom stereocenters. The molecule has 2 aromatic carbocycles. The summed E-state index contributed by atoms with van der Waals surface area (Å²) in [5.41, 5.74) is -0.126. The molecule has 1 aromatic heterocycles. The van der Waals surface area contributed by atoms with Gasteiger partial charge in [0.2, 0.25) is 0 Å². The van der Waals surface area contributed by atoms with E-state index in [1.165, 1.54) is 4.68 Å². The minimum Gasteiger partial charge on any atom is -0.491 e. The number of fused-ring (bicyclic) bond motifs is 1. The quantitative estimate of drug-likeness (QED) is 0.682. The molecule has 0 bridgehead atoms. The number of halogens is 2. The molecule has 1 N–H and O–H groups in total. The Labute approximate surface area is 148 Å². The van der Waals surface area contributed by atoms with Crippen molar-refractivity contribution in [2.45, 2.75) is 6.67 Å². The summed E-state index contributed by atoms with van der Waals surface area (Å²) in [4.78, 5) is 12.3. The third-order valence-corrected chi connectivity index (χ3v) is 4.28. The second-order valence-electron chi connectivity index (χ2n) is 5.10. The lowest BCUT2D eigenvalue weighted by atomic mass is 10.2. The highest BCUT2D eigenvalue weighted by Gasteiger charge is 2.05. The Hall–Kier alpha value is -2.08. The highest BCUT2D eigenvalue weighted by Crippen LogP contribution is 2.31. The minimum absolute atomic E-state index is 0.126. The zero-order valence-corrected chi connectivity index (χ0v) is 14.2. The Balaban J connectivity index is 1.55. The molecule has 124 valence electrons. The molecule has 3 rings (SSSR count). The van der Waals surface area contributed by atoms with E-state index in [2.05, 4.69) is 10.4 Å². The van der Waals surface area contributed by atoms with Crippen LogP contribution in [0.5, 0.6) is 5.75 Å². The van der Waals surface area contributed by atoms with Crippen LogP contribution in [0.2, 0.25) is 10.0 Å². The Morgan fingerprint density at radius 2 is 1.96 bits per heavy atom. The lowest BCUT2D eigenvalue weighted by molar-refractivity contribution is 0.305. The number of aromatic nitrogens is 2. The maximum atomic E-state index is 12.3. The second kappa shape index (κ2) is 7.66. The van der Waals surface area contributed by atoms with Crippen LogP contribution in [0.25, 0.3) is 10.8 Å². The summed E-state index contributed by atoms with van der Waals surface area (Å²) in [5.74, 6) is 0.534. The van der Waals surface area contributed by atoms with Gasteiger partial charge >= 0.3 is 0 Å². The Morgan fingerprint density at radius 3 is 2.83 bits per heavy atom. The first-order valence-corrected chi connectivity index (χ1v) is 8.15.